The number of piperidine rings is 1. The number of rotatable bonds is 8. The van der Waals surface area contributed by atoms with Crippen molar-refractivity contribution in [1.82, 2.24) is 25.3 Å². The lowest BCUT2D eigenvalue weighted by atomic mass is 9.71. The lowest BCUT2D eigenvalue weighted by molar-refractivity contribution is -0.146. The lowest BCUT2D eigenvalue weighted by Gasteiger charge is -2.46. The first-order valence-corrected chi connectivity index (χ1v) is 15.6. The second kappa shape index (κ2) is 13.9. The molecule has 2 saturated heterocycles. The molecular weight excluding hydrogens is 545 g/mol. The molecule has 2 aliphatic heterocycles. The maximum atomic E-state index is 14.3. The third-order valence-electron chi connectivity index (χ3n) is 8.81. The standard InChI is InChI=1S/C34H48FN5O3/c1-23(2)40(24(3)4)32(42)34(28-10-8-7-9-11-28)16-18-38(19-17-34)31(41)30(20-27-12-14-29(35)15-13-27)37-33(43)39-21-25(5)36-26(6)22-39/h7-15,23-26,30,36H,16-22H2,1-6H3,(H,37,43)/t25?,26?,30-/m1/s1. The zero-order valence-corrected chi connectivity index (χ0v) is 26.5. The molecule has 2 unspecified atom stereocenters. The third-order valence-corrected chi connectivity index (χ3v) is 8.81. The first-order valence-electron chi connectivity index (χ1n) is 15.6. The van der Waals surface area contributed by atoms with Crippen LogP contribution in [0.1, 0.15) is 65.5 Å². The minimum atomic E-state index is -0.818. The molecule has 0 aromatic heterocycles. The fourth-order valence-electron chi connectivity index (χ4n) is 6.81. The highest BCUT2D eigenvalue weighted by Gasteiger charge is 2.47. The Labute approximate surface area is 256 Å². The van der Waals surface area contributed by atoms with Gasteiger partial charge in [0.05, 0.1) is 5.41 Å². The monoisotopic (exact) mass is 593 g/mol. The summed E-state index contributed by atoms with van der Waals surface area (Å²) in [6, 6.07) is 15.2. The zero-order valence-electron chi connectivity index (χ0n) is 26.5. The molecule has 0 radical (unpaired) electrons. The molecule has 0 spiro atoms. The second-order valence-electron chi connectivity index (χ2n) is 12.9. The minimum Gasteiger partial charge on any atom is -0.341 e. The van der Waals surface area contributed by atoms with Gasteiger partial charge in [0.25, 0.3) is 0 Å². The smallest absolute Gasteiger partial charge is 0.318 e. The number of carbonyl (C=O) groups is 3. The Bertz CT molecular complexity index is 1230. The maximum absolute atomic E-state index is 14.3. The molecule has 8 nitrogen and oxygen atoms in total. The van der Waals surface area contributed by atoms with Crippen molar-refractivity contribution in [2.45, 2.75) is 96.4 Å². The van der Waals surface area contributed by atoms with Crippen LogP contribution in [0, 0.1) is 5.82 Å². The molecule has 0 bridgehead atoms. The molecule has 4 amide bonds. The van der Waals surface area contributed by atoms with Crippen molar-refractivity contribution in [3.05, 3.63) is 71.5 Å². The van der Waals surface area contributed by atoms with Gasteiger partial charge >= 0.3 is 6.03 Å². The molecule has 2 heterocycles. The maximum Gasteiger partial charge on any atom is 0.318 e. The van der Waals surface area contributed by atoms with E-state index < -0.39 is 11.5 Å². The summed E-state index contributed by atoms with van der Waals surface area (Å²) in [6.45, 7) is 14.1. The molecule has 2 aliphatic rings. The average Bonchev–Trinajstić information content (AvgIpc) is 2.97. The number of nitrogens with zero attached hydrogens (tertiary/aromatic N) is 3. The molecule has 0 aliphatic carbocycles. The van der Waals surface area contributed by atoms with Gasteiger partial charge in [-0.15, -0.1) is 0 Å². The Kier molecular flexibility index (Phi) is 10.5. The number of carbonyl (C=O) groups excluding carboxylic acids is 3. The van der Waals surface area contributed by atoms with Crippen LogP contribution in [-0.4, -0.2) is 88.9 Å². The van der Waals surface area contributed by atoms with E-state index in [1.54, 1.807) is 21.9 Å². The predicted octanol–water partition coefficient (Wildman–Crippen LogP) is 4.33. The number of hydrogen-bond acceptors (Lipinski definition) is 4. The van der Waals surface area contributed by atoms with Gasteiger partial charge in [0, 0.05) is 56.8 Å². The Morgan fingerprint density at radius 1 is 0.907 bits per heavy atom. The zero-order chi connectivity index (χ0) is 31.3. The third kappa shape index (κ3) is 7.55. The molecule has 0 saturated carbocycles. The summed E-state index contributed by atoms with van der Waals surface area (Å²) in [6.07, 6.45) is 1.22. The topological polar surface area (TPSA) is 85.0 Å². The number of amides is 4. The quantitative estimate of drug-likeness (QED) is 0.477. The van der Waals surface area contributed by atoms with Crippen LogP contribution in [-0.2, 0) is 21.4 Å². The Balaban J connectivity index is 1.57. The molecule has 4 rings (SSSR count). The van der Waals surface area contributed by atoms with Crippen LogP contribution in [0.2, 0.25) is 0 Å². The Hall–Kier alpha value is -3.46. The summed E-state index contributed by atoms with van der Waals surface area (Å²) in [7, 11) is 0. The van der Waals surface area contributed by atoms with E-state index in [-0.39, 0.29) is 54.3 Å². The van der Waals surface area contributed by atoms with Gasteiger partial charge in [0.15, 0.2) is 0 Å². The highest BCUT2D eigenvalue weighted by Crippen LogP contribution is 2.38. The van der Waals surface area contributed by atoms with E-state index in [1.807, 2.05) is 76.8 Å². The number of halogens is 1. The van der Waals surface area contributed by atoms with Gasteiger partial charge in [0.2, 0.25) is 11.8 Å². The van der Waals surface area contributed by atoms with Crippen molar-refractivity contribution in [3.63, 3.8) is 0 Å². The van der Waals surface area contributed by atoms with Gasteiger partial charge in [-0.3, -0.25) is 9.59 Å². The van der Waals surface area contributed by atoms with E-state index in [4.69, 9.17) is 0 Å². The van der Waals surface area contributed by atoms with Crippen LogP contribution in [0.5, 0.6) is 0 Å². The first kappa shape index (κ1) is 32.5. The van der Waals surface area contributed by atoms with E-state index in [1.165, 1.54) is 12.1 Å². The molecule has 2 aromatic rings. The minimum absolute atomic E-state index is 0.0403. The average molecular weight is 594 g/mol. The molecule has 3 atom stereocenters. The summed E-state index contributed by atoms with van der Waals surface area (Å²) in [5, 5.41) is 6.44. The van der Waals surface area contributed by atoms with Gasteiger partial charge in [-0.05, 0) is 77.6 Å². The van der Waals surface area contributed by atoms with Crippen molar-refractivity contribution < 1.29 is 18.8 Å². The van der Waals surface area contributed by atoms with E-state index in [0.29, 0.717) is 39.0 Å². The van der Waals surface area contributed by atoms with Crippen LogP contribution in [0.15, 0.2) is 54.6 Å². The number of hydrogen-bond donors (Lipinski definition) is 2. The number of likely N-dealkylation sites (tertiary alicyclic amines) is 1. The van der Waals surface area contributed by atoms with Crippen molar-refractivity contribution in [2.75, 3.05) is 26.2 Å². The van der Waals surface area contributed by atoms with Crippen molar-refractivity contribution in [2.24, 2.45) is 0 Å². The van der Waals surface area contributed by atoms with Crippen LogP contribution in [0.3, 0.4) is 0 Å². The number of nitrogens with one attached hydrogen (secondary N) is 2. The summed E-state index contributed by atoms with van der Waals surface area (Å²) in [5.74, 6) is -0.448. The SMILES string of the molecule is CC1CN(C(=O)N[C@H](Cc2ccc(F)cc2)C(=O)N2CCC(C(=O)N(C(C)C)C(C)C)(c3ccccc3)CC2)CC(C)N1. The summed E-state index contributed by atoms with van der Waals surface area (Å²) in [4.78, 5) is 47.3. The molecule has 43 heavy (non-hydrogen) atoms. The van der Waals surface area contributed by atoms with Gasteiger partial charge in [-0.2, -0.15) is 0 Å². The summed E-state index contributed by atoms with van der Waals surface area (Å²) >= 11 is 0. The van der Waals surface area contributed by atoms with E-state index in [0.717, 1.165) is 11.1 Å². The second-order valence-corrected chi connectivity index (χ2v) is 12.9. The van der Waals surface area contributed by atoms with Crippen molar-refractivity contribution in [1.29, 1.82) is 0 Å². The Morgan fingerprint density at radius 3 is 2.00 bits per heavy atom. The highest BCUT2D eigenvalue weighted by atomic mass is 19.1. The van der Waals surface area contributed by atoms with Gasteiger partial charge in [-0.25, -0.2) is 9.18 Å². The summed E-state index contributed by atoms with van der Waals surface area (Å²) in [5.41, 5.74) is 0.990. The molecule has 2 fully saturated rings. The van der Waals surface area contributed by atoms with Crippen molar-refractivity contribution >= 4 is 17.8 Å². The fraction of sp³-hybridized carbons (Fsp3) is 0.559. The van der Waals surface area contributed by atoms with Crippen LogP contribution in [0.25, 0.3) is 0 Å². The van der Waals surface area contributed by atoms with Gasteiger partial charge in [0.1, 0.15) is 11.9 Å². The summed E-state index contributed by atoms with van der Waals surface area (Å²) < 4.78 is 13.6. The van der Waals surface area contributed by atoms with E-state index in [2.05, 4.69) is 10.6 Å². The molecule has 2 aromatic carbocycles. The van der Waals surface area contributed by atoms with Crippen LogP contribution < -0.4 is 10.6 Å². The molecule has 234 valence electrons. The van der Waals surface area contributed by atoms with Crippen LogP contribution in [0.4, 0.5) is 9.18 Å². The number of urea groups is 1. The van der Waals surface area contributed by atoms with E-state index in [9.17, 15) is 18.8 Å². The Morgan fingerprint density at radius 2 is 1.47 bits per heavy atom. The largest absolute Gasteiger partial charge is 0.341 e. The molecule has 2 N–H and O–H groups in total. The highest BCUT2D eigenvalue weighted by molar-refractivity contribution is 5.90. The fourth-order valence-corrected chi connectivity index (χ4v) is 6.81. The van der Waals surface area contributed by atoms with Gasteiger partial charge < -0.3 is 25.3 Å². The lowest BCUT2D eigenvalue weighted by Crippen LogP contribution is -2.61. The molecule has 9 heteroatoms. The first-order chi connectivity index (χ1) is 20.4. The van der Waals surface area contributed by atoms with Gasteiger partial charge in [-0.1, -0.05) is 42.5 Å². The normalized spacial score (nSPS) is 21.0. The predicted molar refractivity (Wildman–Crippen MR) is 167 cm³/mol. The van der Waals surface area contributed by atoms with Crippen LogP contribution >= 0.6 is 0 Å². The van der Waals surface area contributed by atoms with Crippen molar-refractivity contribution in [3.8, 4) is 0 Å². The molecular formula is C34H48FN5O3. The number of benzene rings is 2. The number of piperazine rings is 1. The van der Waals surface area contributed by atoms with E-state index >= 15 is 0 Å².